The van der Waals surface area contributed by atoms with E-state index in [0.717, 1.165) is 12.4 Å². The maximum absolute atomic E-state index is 12.9. The molecule has 1 aliphatic rings. The molecule has 1 saturated heterocycles. The van der Waals surface area contributed by atoms with Crippen LogP contribution in [0.3, 0.4) is 0 Å². The third-order valence-electron chi connectivity index (χ3n) is 4.50. The van der Waals surface area contributed by atoms with Gasteiger partial charge in [-0.05, 0) is 12.0 Å². The second-order valence-electron chi connectivity index (χ2n) is 6.25. The molecule has 10 nitrogen and oxygen atoms in total. The van der Waals surface area contributed by atoms with Crippen LogP contribution in [0.1, 0.15) is 29.3 Å². The third kappa shape index (κ3) is 3.86. The van der Waals surface area contributed by atoms with Crippen LogP contribution in [-0.2, 0) is 19.9 Å². The minimum Gasteiger partial charge on any atom is -0.619 e. The van der Waals surface area contributed by atoms with Crippen LogP contribution in [0.4, 0.5) is 4.79 Å². The standard InChI is InChI=1S/C19H18N4O6/c1-2-19(14-6-4-3-5-7-14)17(26)23(18(27)20-19)21-15(24)12-29-16(25)13-8-10-22(28)11-9-13/h3-11H,2,12H2,1H3,(H,20,27)(H,21,24)/t19-/m0/s1. The van der Waals surface area contributed by atoms with Crippen LogP contribution in [0.2, 0.25) is 0 Å². The molecule has 0 spiro atoms. The van der Waals surface area contributed by atoms with Crippen LogP contribution in [0.5, 0.6) is 0 Å². The van der Waals surface area contributed by atoms with Crippen molar-refractivity contribution >= 4 is 23.8 Å². The predicted octanol–water partition coefficient (Wildman–Crippen LogP) is 0.365. The van der Waals surface area contributed by atoms with Crippen molar-refractivity contribution in [3.63, 3.8) is 0 Å². The molecule has 150 valence electrons. The van der Waals surface area contributed by atoms with Crippen molar-refractivity contribution in [3.8, 4) is 0 Å². The molecule has 4 amide bonds. The van der Waals surface area contributed by atoms with Crippen LogP contribution in [0.15, 0.2) is 54.9 Å². The molecule has 1 aromatic heterocycles. The van der Waals surface area contributed by atoms with Gasteiger partial charge in [0.05, 0.1) is 5.56 Å². The highest BCUT2D eigenvalue weighted by Gasteiger charge is 2.52. The van der Waals surface area contributed by atoms with E-state index in [-0.39, 0.29) is 12.0 Å². The van der Waals surface area contributed by atoms with Gasteiger partial charge in [-0.3, -0.25) is 15.0 Å². The number of hydrogen-bond donors (Lipinski definition) is 2. The number of ether oxygens (including phenoxy) is 1. The number of nitrogens with zero attached hydrogens (tertiary/aromatic N) is 2. The maximum atomic E-state index is 12.9. The number of carbonyl (C=O) groups excluding carboxylic acids is 4. The smallest absolute Gasteiger partial charge is 0.344 e. The topological polar surface area (TPSA) is 132 Å². The molecule has 1 aliphatic heterocycles. The molecule has 0 saturated carbocycles. The molecule has 0 radical (unpaired) electrons. The Kier molecular flexibility index (Phi) is 5.44. The van der Waals surface area contributed by atoms with Crippen molar-refractivity contribution in [2.24, 2.45) is 0 Å². The monoisotopic (exact) mass is 398 g/mol. The number of aromatic nitrogens is 1. The van der Waals surface area contributed by atoms with Crippen molar-refractivity contribution < 1.29 is 28.6 Å². The Labute approximate surface area is 165 Å². The van der Waals surface area contributed by atoms with E-state index >= 15 is 0 Å². The van der Waals surface area contributed by atoms with Crippen LogP contribution >= 0.6 is 0 Å². The lowest BCUT2D eigenvalue weighted by Crippen LogP contribution is -2.49. The fraction of sp³-hybridized carbons (Fsp3) is 0.211. The van der Waals surface area contributed by atoms with E-state index in [9.17, 15) is 24.4 Å². The van der Waals surface area contributed by atoms with Crippen molar-refractivity contribution in [2.75, 3.05) is 6.61 Å². The van der Waals surface area contributed by atoms with Gasteiger partial charge in [-0.25, -0.2) is 9.59 Å². The molecule has 3 rings (SSSR count). The molecule has 2 heterocycles. The summed E-state index contributed by atoms with van der Waals surface area (Å²) in [5.41, 5.74) is 1.53. The first-order valence-corrected chi connectivity index (χ1v) is 8.75. The highest BCUT2D eigenvalue weighted by Crippen LogP contribution is 2.31. The van der Waals surface area contributed by atoms with Gasteiger partial charge >= 0.3 is 12.0 Å². The Morgan fingerprint density at radius 3 is 2.45 bits per heavy atom. The average molecular weight is 398 g/mol. The van der Waals surface area contributed by atoms with E-state index in [4.69, 9.17) is 4.74 Å². The number of imide groups is 1. The Hall–Kier alpha value is -3.95. The van der Waals surface area contributed by atoms with Crippen LogP contribution in [-0.4, -0.2) is 35.4 Å². The minimum atomic E-state index is -1.29. The zero-order valence-corrected chi connectivity index (χ0v) is 15.5. The molecule has 2 N–H and O–H groups in total. The lowest BCUT2D eigenvalue weighted by molar-refractivity contribution is -0.605. The summed E-state index contributed by atoms with van der Waals surface area (Å²) in [6.07, 6.45) is 2.49. The fourth-order valence-corrected chi connectivity index (χ4v) is 2.96. The number of hydrazine groups is 1. The van der Waals surface area contributed by atoms with E-state index < -0.39 is 36.0 Å². The van der Waals surface area contributed by atoms with Crippen LogP contribution in [0, 0.1) is 5.21 Å². The van der Waals surface area contributed by atoms with Gasteiger partial charge in [-0.1, -0.05) is 37.3 Å². The van der Waals surface area contributed by atoms with E-state index in [1.54, 1.807) is 37.3 Å². The van der Waals surface area contributed by atoms with Gasteiger partial charge in [0.1, 0.15) is 5.54 Å². The molecule has 1 fully saturated rings. The summed E-state index contributed by atoms with van der Waals surface area (Å²) in [4.78, 5) is 49.2. The van der Waals surface area contributed by atoms with E-state index in [1.165, 1.54) is 12.1 Å². The summed E-state index contributed by atoms with van der Waals surface area (Å²) >= 11 is 0. The lowest BCUT2D eigenvalue weighted by Gasteiger charge is -2.25. The average Bonchev–Trinajstić information content (AvgIpc) is 2.98. The van der Waals surface area contributed by atoms with Gasteiger partial charge in [0, 0.05) is 12.1 Å². The first kappa shape index (κ1) is 19.8. The summed E-state index contributed by atoms with van der Waals surface area (Å²) in [5, 5.41) is 14.2. The summed E-state index contributed by atoms with van der Waals surface area (Å²) in [6, 6.07) is 10.4. The number of urea groups is 1. The number of pyridine rings is 1. The Bertz CT molecular complexity index is 947. The number of esters is 1. The van der Waals surface area contributed by atoms with Gasteiger partial charge < -0.3 is 15.3 Å². The van der Waals surface area contributed by atoms with Gasteiger partial charge in [0.25, 0.3) is 11.8 Å². The lowest BCUT2D eigenvalue weighted by atomic mass is 9.87. The molecule has 1 atom stereocenters. The summed E-state index contributed by atoms with van der Waals surface area (Å²) in [7, 11) is 0. The number of benzene rings is 1. The van der Waals surface area contributed by atoms with Crippen LogP contribution < -0.4 is 15.5 Å². The predicted molar refractivity (Wildman–Crippen MR) is 97.6 cm³/mol. The minimum absolute atomic E-state index is 0.0777. The first-order chi connectivity index (χ1) is 13.9. The highest BCUT2D eigenvalue weighted by molar-refractivity contribution is 6.08. The van der Waals surface area contributed by atoms with Gasteiger partial charge in [0.15, 0.2) is 19.0 Å². The van der Waals surface area contributed by atoms with Crippen molar-refractivity contribution in [1.82, 2.24) is 15.8 Å². The SMILES string of the molecule is CC[C@@]1(c2ccccc2)NC(=O)N(NC(=O)COC(=O)c2cc[n+]([O-])cc2)C1=O. The van der Waals surface area contributed by atoms with Gasteiger partial charge in [0.2, 0.25) is 0 Å². The number of amides is 4. The number of carbonyl (C=O) groups is 4. The number of hydrogen-bond acceptors (Lipinski definition) is 6. The molecule has 1 aromatic carbocycles. The van der Waals surface area contributed by atoms with Crippen molar-refractivity contribution in [1.29, 1.82) is 0 Å². The number of rotatable bonds is 6. The van der Waals surface area contributed by atoms with Gasteiger partial charge in [-0.2, -0.15) is 9.74 Å². The van der Waals surface area contributed by atoms with Crippen molar-refractivity contribution in [3.05, 3.63) is 71.2 Å². The molecular weight excluding hydrogens is 380 g/mol. The quantitative estimate of drug-likeness (QED) is 0.313. The Morgan fingerprint density at radius 1 is 1.17 bits per heavy atom. The molecule has 0 bridgehead atoms. The normalized spacial score (nSPS) is 18.3. The summed E-state index contributed by atoms with van der Waals surface area (Å²) in [6.45, 7) is 1.02. The molecular formula is C19H18N4O6. The summed E-state index contributed by atoms with van der Waals surface area (Å²) < 4.78 is 5.34. The Balaban J connectivity index is 1.64. The second-order valence-corrected chi connectivity index (χ2v) is 6.25. The zero-order valence-electron chi connectivity index (χ0n) is 15.5. The molecule has 0 unspecified atom stereocenters. The zero-order chi connectivity index (χ0) is 21.0. The second kappa shape index (κ2) is 7.97. The maximum Gasteiger partial charge on any atom is 0.344 e. The molecule has 2 aromatic rings. The van der Waals surface area contributed by atoms with E-state index in [1.807, 2.05) is 0 Å². The largest absolute Gasteiger partial charge is 0.619 e. The number of nitrogens with one attached hydrogen (secondary N) is 2. The van der Waals surface area contributed by atoms with Crippen molar-refractivity contribution in [2.45, 2.75) is 18.9 Å². The first-order valence-electron chi connectivity index (χ1n) is 8.75. The Morgan fingerprint density at radius 2 is 1.83 bits per heavy atom. The fourth-order valence-electron chi connectivity index (χ4n) is 2.96. The van der Waals surface area contributed by atoms with E-state index in [2.05, 4.69) is 10.7 Å². The van der Waals surface area contributed by atoms with Gasteiger partial charge in [-0.15, -0.1) is 0 Å². The van der Waals surface area contributed by atoms with Crippen LogP contribution in [0.25, 0.3) is 0 Å². The highest BCUT2D eigenvalue weighted by atomic mass is 16.5. The van der Waals surface area contributed by atoms with E-state index in [0.29, 0.717) is 15.3 Å². The molecule has 10 heteroatoms. The third-order valence-corrected chi connectivity index (χ3v) is 4.50. The summed E-state index contributed by atoms with van der Waals surface area (Å²) in [5.74, 6) is -2.33. The molecule has 29 heavy (non-hydrogen) atoms. The molecule has 0 aliphatic carbocycles.